The molecule has 0 spiro atoms. The maximum atomic E-state index is 12.0. The van der Waals surface area contributed by atoms with Crippen molar-refractivity contribution in [3.8, 4) is 5.75 Å². The molecule has 1 aromatic rings. The van der Waals surface area contributed by atoms with E-state index in [9.17, 15) is 4.79 Å². The fourth-order valence-corrected chi connectivity index (χ4v) is 2.30. The first kappa shape index (κ1) is 13.6. The highest BCUT2D eigenvalue weighted by molar-refractivity contribution is 5.79. The van der Waals surface area contributed by atoms with Crippen LogP contribution in [0.1, 0.15) is 12.8 Å². The minimum atomic E-state index is 0.0365. The summed E-state index contributed by atoms with van der Waals surface area (Å²) >= 11 is 0. The Labute approximate surface area is 113 Å². The van der Waals surface area contributed by atoms with E-state index in [4.69, 9.17) is 4.74 Å². The van der Waals surface area contributed by atoms with Gasteiger partial charge < -0.3 is 14.5 Å². The average Bonchev–Trinajstić information content (AvgIpc) is 2.46. The van der Waals surface area contributed by atoms with Crippen LogP contribution >= 0.6 is 0 Å². The van der Waals surface area contributed by atoms with Crippen molar-refractivity contribution < 1.29 is 9.53 Å². The average molecular weight is 264 g/mol. The van der Waals surface area contributed by atoms with E-state index in [0.29, 0.717) is 18.2 Å². The third-order valence-corrected chi connectivity index (χ3v) is 3.34. The molecule has 1 atom stereocenters. The Bertz CT molecular complexity index is 433. The van der Waals surface area contributed by atoms with Gasteiger partial charge in [-0.05, 0) is 12.8 Å². The van der Waals surface area contributed by atoms with Crippen molar-refractivity contribution in [3.05, 3.63) is 12.4 Å². The van der Waals surface area contributed by atoms with Gasteiger partial charge in [-0.1, -0.05) is 0 Å². The highest BCUT2D eigenvalue weighted by Gasteiger charge is 2.27. The predicted octanol–water partition coefficient (Wildman–Crippen LogP) is 0.790. The molecule has 1 unspecified atom stereocenters. The summed E-state index contributed by atoms with van der Waals surface area (Å²) in [6.07, 6.45) is 5.22. The molecule has 2 heterocycles. The quantitative estimate of drug-likeness (QED) is 0.808. The number of carbonyl (C=O) groups is 1. The Morgan fingerprint density at radius 1 is 1.42 bits per heavy atom. The van der Waals surface area contributed by atoms with E-state index in [-0.39, 0.29) is 11.8 Å². The van der Waals surface area contributed by atoms with Gasteiger partial charge in [0.2, 0.25) is 11.9 Å². The summed E-state index contributed by atoms with van der Waals surface area (Å²) < 4.78 is 5.04. The van der Waals surface area contributed by atoms with Crippen molar-refractivity contribution >= 4 is 11.9 Å². The van der Waals surface area contributed by atoms with Gasteiger partial charge in [-0.3, -0.25) is 4.79 Å². The number of amides is 1. The number of methoxy groups -OCH3 is 1. The Kier molecular flexibility index (Phi) is 4.19. The summed E-state index contributed by atoms with van der Waals surface area (Å²) in [5, 5.41) is 0. The highest BCUT2D eigenvalue weighted by Crippen LogP contribution is 2.22. The summed E-state index contributed by atoms with van der Waals surface area (Å²) in [4.78, 5) is 24.3. The maximum Gasteiger partial charge on any atom is 0.226 e. The molecule has 1 aliphatic heterocycles. The van der Waals surface area contributed by atoms with Crippen LogP contribution in [0.15, 0.2) is 12.4 Å². The minimum Gasteiger partial charge on any atom is -0.494 e. The fourth-order valence-electron chi connectivity index (χ4n) is 2.30. The third kappa shape index (κ3) is 3.13. The predicted molar refractivity (Wildman–Crippen MR) is 72.2 cm³/mol. The van der Waals surface area contributed by atoms with E-state index < -0.39 is 0 Å². The lowest BCUT2D eigenvalue weighted by Crippen LogP contribution is -2.43. The number of nitrogens with zero attached hydrogens (tertiary/aromatic N) is 4. The topological polar surface area (TPSA) is 58.6 Å². The van der Waals surface area contributed by atoms with E-state index >= 15 is 0 Å². The van der Waals surface area contributed by atoms with E-state index in [1.54, 1.807) is 38.5 Å². The molecule has 0 saturated carbocycles. The van der Waals surface area contributed by atoms with Crippen molar-refractivity contribution in [2.75, 3.05) is 39.2 Å². The summed E-state index contributed by atoms with van der Waals surface area (Å²) in [5.74, 6) is 1.52. The van der Waals surface area contributed by atoms with Gasteiger partial charge in [0.25, 0.3) is 0 Å². The molecule has 1 fully saturated rings. The monoisotopic (exact) mass is 264 g/mol. The number of anilines is 1. The molecule has 1 aromatic heterocycles. The highest BCUT2D eigenvalue weighted by atomic mass is 16.5. The molecule has 1 amide bonds. The Morgan fingerprint density at radius 3 is 2.68 bits per heavy atom. The Balaban J connectivity index is 2.05. The SMILES string of the molecule is COc1cnc(N2CCCC(C(=O)N(C)C)C2)nc1. The van der Waals surface area contributed by atoms with Crippen molar-refractivity contribution in [2.45, 2.75) is 12.8 Å². The lowest BCUT2D eigenvalue weighted by molar-refractivity contribution is -0.133. The number of hydrogen-bond acceptors (Lipinski definition) is 5. The van der Waals surface area contributed by atoms with Crippen LogP contribution in [0, 0.1) is 5.92 Å². The molecule has 1 saturated heterocycles. The van der Waals surface area contributed by atoms with Crippen LogP contribution in [0.4, 0.5) is 5.95 Å². The normalized spacial score (nSPS) is 19.1. The van der Waals surface area contributed by atoms with Gasteiger partial charge >= 0.3 is 0 Å². The van der Waals surface area contributed by atoms with Gasteiger partial charge in [0.15, 0.2) is 5.75 Å². The van der Waals surface area contributed by atoms with Crippen LogP contribution in [0.5, 0.6) is 5.75 Å². The molecule has 0 radical (unpaired) electrons. The first-order valence-corrected chi connectivity index (χ1v) is 6.44. The van der Waals surface area contributed by atoms with Gasteiger partial charge in [-0.2, -0.15) is 0 Å². The fraction of sp³-hybridized carbons (Fsp3) is 0.615. The van der Waals surface area contributed by atoms with Crippen LogP contribution in [-0.2, 0) is 4.79 Å². The maximum absolute atomic E-state index is 12.0. The van der Waals surface area contributed by atoms with E-state index in [1.807, 2.05) is 0 Å². The van der Waals surface area contributed by atoms with E-state index in [2.05, 4.69) is 14.9 Å². The number of rotatable bonds is 3. The number of ether oxygens (including phenoxy) is 1. The molecule has 2 rings (SSSR count). The molecule has 0 aromatic carbocycles. The zero-order chi connectivity index (χ0) is 13.8. The summed E-state index contributed by atoms with van der Waals surface area (Å²) in [6.45, 7) is 1.58. The zero-order valence-corrected chi connectivity index (χ0v) is 11.7. The number of piperidine rings is 1. The second-order valence-corrected chi connectivity index (χ2v) is 4.94. The number of hydrogen-bond donors (Lipinski definition) is 0. The molecular weight excluding hydrogens is 244 g/mol. The Hall–Kier alpha value is -1.85. The standard InChI is InChI=1S/C13H20N4O2/c1-16(2)12(18)10-5-4-6-17(9-10)13-14-7-11(19-3)8-15-13/h7-8,10H,4-6,9H2,1-3H3. The van der Waals surface area contributed by atoms with Gasteiger partial charge in [0.05, 0.1) is 25.4 Å². The van der Waals surface area contributed by atoms with Crippen LogP contribution in [0.3, 0.4) is 0 Å². The minimum absolute atomic E-state index is 0.0365. The van der Waals surface area contributed by atoms with Gasteiger partial charge in [-0.15, -0.1) is 0 Å². The van der Waals surface area contributed by atoms with Crippen molar-refractivity contribution in [1.82, 2.24) is 14.9 Å². The summed E-state index contributed by atoms with van der Waals surface area (Å²) in [5.41, 5.74) is 0. The second-order valence-electron chi connectivity index (χ2n) is 4.94. The third-order valence-electron chi connectivity index (χ3n) is 3.34. The smallest absolute Gasteiger partial charge is 0.226 e. The summed E-state index contributed by atoms with van der Waals surface area (Å²) in [6, 6.07) is 0. The number of carbonyl (C=O) groups excluding carboxylic acids is 1. The van der Waals surface area contributed by atoms with Crippen molar-refractivity contribution in [1.29, 1.82) is 0 Å². The molecule has 19 heavy (non-hydrogen) atoms. The zero-order valence-electron chi connectivity index (χ0n) is 11.7. The van der Waals surface area contributed by atoms with Crippen molar-refractivity contribution in [2.24, 2.45) is 5.92 Å². The molecule has 0 N–H and O–H groups in total. The first-order valence-electron chi connectivity index (χ1n) is 6.44. The largest absolute Gasteiger partial charge is 0.494 e. The molecule has 6 nitrogen and oxygen atoms in total. The lowest BCUT2D eigenvalue weighted by atomic mass is 9.97. The van der Waals surface area contributed by atoms with Gasteiger partial charge in [0, 0.05) is 27.2 Å². The molecule has 6 heteroatoms. The molecular formula is C13H20N4O2. The molecule has 0 bridgehead atoms. The second kappa shape index (κ2) is 5.86. The number of aromatic nitrogens is 2. The summed E-state index contributed by atoms with van der Waals surface area (Å²) in [7, 11) is 5.18. The molecule has 104 valence electrons. The van der Waals surface area contributed by atoms with E-state index in [1.165, 1.54) is 0 Å². The van der Waals surface area contributed by atoms with Gasteiger partial charge in [0.1, 0.15) is 0 Å². The van der Waals surface area contributed by atoms with E-state index in [0.717, 1.165) is 19.4 Å². The van der Waals surface area contributed by atoms with Crippen LogP contribution < -0.4 is 9.64 Å². The Morgan fingerprint density at radius 2 is 2.11 bits per heavy atom. The van der Waals surface area contributed by atoms with Crippen LogP contribution in [0.2, 0.25) is 0 Å². The van der Waals surface area contributed by atoms with Crippen LogP contribution in [0.25, 0.3) is 0 Å². The molecule has 1 aliphatic rings. The van der Waals surface area contributed by atoms with Crippen LogP contribution in [-0.4, -0.2) is 55.1 Å². The lowest BCUT2D eigenvalue weighted by Gasteiger charge is -2.33. The van der Waals surface area contributed by atoms with Gasteiger partial charge in [-0.25, -0.2) is 9.97 Å². The first-order chi connectivity index (χ1) is 9.11. The molecule has 0 aliphatic carbocycles. The van der Waals surface area contributed by atoms with Crippen molar-refractivity contribution in [3.63, 3.8) is 0 Å².